The normalized spacial score (nSPS) is 12.8. The number of aromatic nitrogens is 2. The molecule has 1 aromatic carbocycles. The summed E-state index contributed by atoms with van der Waals surface area (Å²) in [6.07, 6.45) is 0.848. The first kappa shape index (κ1) is 21.1. The van der Waals surface area contributed by atoms with Crippen molar-refractivity contribution in [2.24, 2.45) is 7.05 Å². The Morgan fingerprint density at radius 2 is 2.00 bits per heavy atom. The van der Waals surface area contributed by atoms with Crippen LogP contribution in [-0.4, -0.2) is 26.2 Å². The summed E-state index contributed by atoms with van der Waals surface area (Å²) < 4.78 is 54.6. The Labute approximate surface area is 159 Å². The summed E-state index contributed by atoms with van der Waals surface area (Å²) in [5, 5.41) is 3.24. The van der Waals surface area contributed by atoms with Crippen molar-refractivity contribution in [1.29, 1.82) is 0 Å². The Morgan fingerprint density at radius 3 is 2.54 bits per heavy atom. The van der Waals surface area contributed by atoms with Gasteiger partial charge in [-0.15, -0.1) is 0 Å². The van der Waals surface area contributed by atoms with Gasteiger partial charge in [0.1, 0.15) is 21.3 Å². The first-order valence-electron chi connectivity index (χ1n) is 6.51. The van der Waals surface area contributed by atoms with E-state index in [1.807, 2.05) is 0 Å². The Hall–Kier alpha value is -1.22. The maximum Gasteiger partial charge on any atom is 0.388 e. The van der Waals surface area contributed by atoms with Gasteiger partial charge in [-0.25, -0.2) is 9.07 Å². The molecule has 0 bridgehead atoms. The van der Waals surface area contributed by atoms with Gasteiger partial charge in [-0.05, 0) is 23.8 Å². The van der Waals surface area contributed by atoms with Crippen LogP contribution in [0.4, 0.5) is 13.2 Å². The fraction of sp³-hybridized carbons (Fsp3) is 0.154. The van der Waals surface area contributed by atoms with E-state index in [-0.39, 0.29) is 26.9 Å². The zero-order valence-corrected chi connectivity index (χ0v) is 15.8. The molecular formula is C13H9Cl3F3N2O4P. The molecule has 0 fully saturated rings. The Kier molecular flexibility index (Phi) is 6.32. The molecule has 0 atom stereocenters. The molecule has 1 aromatic heterocycles. The van der Waals surface area contributed by atoms with Crippen molar-refractivity contribution >= 4 is 48.5 Å². The molecule has 26 heavy (non-hydrogen) atoms. The van der Waals surface area contributed by atoms with E-state index in [0.717, 1.165) is 22.9 Å². The van der Waals surface area contributed by atoms with Crippen LogP contribution >= 0.6 is 42.4 Å². The smallest absolute Gasteiger partial charge is 0.388 e. The molecule has 142 valence electrons. The number of alkyl halides is 2. The average Bonchev–Trinajstić information content (AvgIpc) is 2.76. The van der Waals surface area contributed by atoms with Crippen LogP contribution in [0.2, 0.25) is 10.0 Å². The van der Waals surface area contributed by atoms with Crippen LogP contribution in [0.5, 0.6) is 5.88 Å². The molecule has 2 N–H and O–H groups in total. The first-order valence-corrected chi connectivity index (χ1v) is 9.26. The number of benzene rings is 1. The lowest BCUT2D eigenvalue weighted by Gasteiger charge is -2.07. The number of hydrogen-bond acceptors (Lipinski definition) is 3. The van der Waals surface area contributed by atoms with Crippen molar-refractivity contribution in [3.63, 3.8) is 0 Å². The molecule has 6 nitrogen and oxygen atoms in total. The quantitative estimate of drug-likeness (QED) is 0.635. The summed E-state index contributed by atoms with van der Waals surface area (Å²) in [5.74, 6) is -1.39. The van der Waals surface area contributed by atoms with E-state index in [1.165, 1.54) is 7.05 Å². The van der Waals surface area contributed by atoms with Crippen molar-refractivity contribution in [2.45, 2.75) is 6.61 Å². The van der Waals surface area contributed by atoms with Crippen molar-refractivity contribution in [3.8, 4) is 17.1 Å². The predicted octanol–water partition coefficient (Wildman–Crippen LogP) is 4.85. The minimum atomic E-state index is -4.75. The lowest BCUT2D eigenvalue weighted by molar-refractivity contribution is -0.0552. The SMILES string of the molecule is Cn1nc(-c2cc(C=C(Cl)P(=O)(O)O)c(Cl)cc2F)c(Cl)c1OC(F)F. The van der Waals surface area contributed by atoms with Crippen LogP contribution in [-0.2, 0) is 11.6 Å². The molecule has 0 aliphatic rings. The second kappa shape index (κ2) is 7.80. The van der Waals surface area contributed by atoms with Crippen LogP contribution in [0.3, 0.4) is 0 Å². The topological polar surface area (TPSA) is 84.6 Å². The van der Waals surface area contributed by atoms with Crippen molar-refractivity contribution < 1.29 is 32.3 Å². The average molecular weight is 452 g/mol. The molecule has 0 radical (unpaired) electrons. The van der Waals surface area contributed by atoms with Gasteiger partial charge in [-0.3, -0.25) is 4.57 Å². The maximum atomic E-state index is 14.3. The molecule has 0 aliphatic heterocycles. The highest BCUT2D eigenvalue weighted by atomic mass is 35.5. The van der Waals surface area contributed by atoms with Crippen molar-refractivity contribution in [3.05, 3.63) is 38.3 Å². The summed E-state index contributed by atoms with van der Waals surface area (Å²) in [6, 6.07) is 1.90. The number of halogens is 6. The molecule has 0 aliphatic carbocycles. The lowest BCUT2D eigenvalue weighted by atomic mass is 10.1. The Bertz CT molecular complexity index is 930. The van der Waals surface area contributed by atoms with E-state index in [9.17, 15) is 17.7 Å². The van der Waals surface area contributed by atoms with Gasteiger partial charge in [0.15, 0.2) is 0 Å². The highest BCUT2D eigenvalue weighted by molar-refractivity contribution is 7.59. The minimum Gasteiger partial charge on any atom is -0.416 e. The Balaban J connectivity index is 2.62. The third-order valence-corrected chi connectivity index (χ3v) is 5.16. The fourth-order valence-electron chi connectivity index (χ4n) is 1.94. The third-order valence-electron chi connectivity index (χ3n) is 3.03. The summed E-state index contributed by atoms with van der Waals surface area (Å²) in [6.45, 7) is -3.17. The maximum absolute atomic E-state index is 14.3. The zero-order chi connectivity index (χ0) is 19.8. The number of hydrogen-bond donors (Lipinski definition) is 2. The largest absolute Gasteiger partial charge is 0.416 e. The second-order valence-electron chi connectivity index (χ2n) is 4.83. The van der Waals surface area contributed by atoms with Crippen LogP contribution in [0, 0.1) is 5.82 Å². The summed E-state index contributed by atoms with van der Waals surface area (Å²) in [4.78, 5) is 18.0. The number of rotatable bonds is 5. The molecule has 0 amide bonds. The van der Waals surface area contributed by atoms with E-state index in [0.29, 0.717) is 0 Å². The van der Waals surface area contributed by atoms with Gasteiger partial charge < -0.3 is 14.5 Å². The van der Waals surface area contributed by atoms with Crippen LogP contribution < -0.4 is 4.74 Å². The van der Waals surface area contributed by atoms with Gasteiger partial charge in [-0.2, -0.15) is 13.9 Å². The lowest BCUT2D eigenvalue weighted by Crippen LogP contribution is -2.06. The molecule has 0 spiro atoms. The summed E-state index contributed by atoms with van der Waals surface area (Å²) in [7, 11) is -3.49. The van der Waals surface area contributed by atoms with E-state index in [4.69, 9.17) is 44.6 Å². The number of nitrogens with zero attached hydrogens (tertiary/aromatic N) is 2. The third kappa shape index (κ3) is 4.54. The summed E-state index contributed by atoms with van der Waals surface area (Å²) in [5.41, 5.74) is -0.545. The van der Waals surface area contributed by atoms with Gasteiger partial charge in [0.2, 0.25) is 5.88 Å². The standard InChI is InChI=1S/C13H9Cl3F3N2O4P/c1-21-12(25-13(18)19)10(16)11(20-21)6-2-5(7(14)4-8(6)17)3-9(15)26(22,23)24/h2-4,13H,1H3,(H2,22,23,24). The van der Waals surface area contributed by atoms with Crippen LogP contribution in [0.25, 0.3) is 17.3 Å². The number of aryl methyl sites for hydroxylation is 1. The summed E-state index contributed by atoms with van der Waals surface area (Å²) >= 11 is 17.3. The Morgan fingerprint density at radius 1 is 1.38 bits per heavy atom. The molecule has 0 unspecified atom stereocenters. The fourth-order valence-corrected chi connectivity index (χ4v) is 2.87. The van der Waals surface area contributed by atoms with Crippen LogP contribution in [0.15, 0.2) is 16.9 Å². The van der Waals surface area contributed by atoms with Gasteiger partial charge >= 0.3 is 14.2 Å². The first-order chi connectivity index (χ1) is 11.9. The van der Waals surface area contributed by atoms with E-state index < -0.39 is 30.7 Å². The van der Waals surface area contributed by atoms with E-state index in [2.05, 4.69) is 9.84 Å². The molecule has 13 heteroatoms. The molecule has 0 saturated heterocycles. The van der Waals surface area contributed by atoms with Gasteiger partial charge in [0.25, 0.3) is 0 Å². The van der Waals surface area contributed by atoms with Gasteiger partial charge in [0, 0.05) is 12.6 Å². The minimum absolute atomic E-state index is 0.0468. The molecule has 2 rings (SSSR count). The molecule has 0 saturated carbocycles. The predicted molar refractivity (Wildman–Crippen MR) is 91.1 cm³/mol. The van der Waals surface area contributed by atoms with Gasteiger partial charge in [-0.1, -0.05) is 34.8 Å². The zero-order valence-electron chi connectivity index (χ0n) is 12.6. The molecular weight excluding hydrogens is 442 g/mol. The highest BCUT2D eigenvalue weighted by Gasteiger charge is 2.24. The van der Waals surface area contributed by atoms with Crippen molar-refractivity contribution in [1.82, 2.24) is 9.78 Å². The highest BCUT2D eigenvalue weighted by Crippen LogP contribution is 2.49. The van der Waals surface area contributed by atoms with Crippen molar-refractivity contribution in [2.75, 3.05) is 0 Å². The molecule has 1 heterocycles. The van der Waals surface area contributed by atoms with E-state index in [1.54, 1.807) is 0 Å². The monoisotopic (exact) mass is 450 g/mol. The van der Waals surface area contributed by atoms with E-state index >= 15 is 0 Å². The second-order valence-corrected chi connectivity index (χ2v) is 7.86. The van der Waals surface area contributed by atoms with Crippen LogP contribution in [0.1, 0.15) is 5.56 Å². The van der Waals surface area contributed by atoms with Gasteiger partial charge in [0.05, 0.1) is 5.02 Å². The number of ether oxygens (including phenoxy) is 1. The molecule has 2 aromatic rings.